The van der Waals surface area contributed by atoms with E-state index >= 15 is 0 Å². The Balaban J connectivity index is 2.83. The molecule has 0 radical (unpaired) electrons. The van der Waals surface area contributed by atoms with Crippen LogP contribution in [0.1, 0.15) is 0 Å². The van der Waals surface area contributed by atoms with Crippen molar-refractivity contribution in [1.29, 1.82) is 0 Å². The summed E-state index contributed by atoms with van der Waals surface area (Å²) in [5.74, 6) is 0.176. The van der Waals surface area contributed by atoms with E-state index in [1.165, 1.54) is 0 Å². The third-order valence-electron chi connectivity index (χ3n) is 0.230. The van der Waals surface area contributed by atoms with E-state index in [4.69, 9.17) is 5.11 Å². The van der Waals surface area contributed by atoms with Crippen molar-refractivity contribution in [3.05, 3.63) is 0 Å². The van der Waals surface area contributed by atoms with Crippen LogP contribution in [0.4, 0.5) is 4.79 Å². The highest BCUT2D eigenvalue weighted by molar-refractivity contribution is 7.80. The van der Waals surface area contributed by atoms with Gasteiger partial charge in [-0.1, -0.05) is 0 Å². The van der Waals surface area contributed by atoms with Crippen LogP contribution in [-0.2, 0) is 0 Å². The second kappa shape index (κ2) is 2.84. The Bertz CT molecular complexity index is 55.5. The van der Waals surface area contributed by atoms with Gasteiger partial charge in [0.15, 0.2) is 0 Å². The maximum Gasteiger partial charge on any atom is 0.405 e. The molecule has 0 rings (SSSR count). The lowest BCUT2D eigenvalue weighted by atomic mass is 11.1. The first-order chi connectivity index (χ1) is 2.77. The summed E-state index contributed by atoms with van der Waals surface area (Å²) in [6.07, 6.45) is -1.04. The van der Waals surface area contributed by atoms with Crippen molar-refractivity contribution in [2.24, 2.45) is 0 Å². The van der Waals surface area contributed by atoms with E-state index in [2.05, 4.69) is 12.6 Å². The first-order valence-corrected chi connectivity index (χ1v) is 1.98. The zero-order valence-electron chi connectivity index (χ0n) is 3.01. The molecule has 36 valence electrons. The first kappa shape index (κ1) is 5.62. The Morgan fingerprint density at radius 3 is 2.50 bits per heavy atom. The van der Waals surface area contributed by atoms with Crippen molar-refractivity contribution >= 4 is 18.7 Å². The van der Waals surface area contributed by atoms with Crippen LogP contribution in [0.5, 0.6) is 0 Å². The van der Waals surface area contributed by atoms with E-state index < -0.39 is 6.09 Å². The van der Waals surface area contributed by atoms with E-state index in [0.29, 0.717) is 0 Å². The van der Waals surface area contributed by atoms with Crippen LogP contribution in [0.3, 0.4) is 0 Å². The average molecular weight is 107 g/mol. The van der Waals surface area contributed by atoms with Gasteiger partial charge in [0, 0.05) is 0 Å². The van der Waals surface area contributed by atoms with Gasteiger partial charge in [-0.3, -0.25) is 0 Å². The van der Waals surface area contributed by atoms with Gasteiger partial charge in [0.1, 0.15) is 0 Å². The minimum absolute atomic E-state index is 0.176. The van der Waals surface area contributed by atoms with Crippen LogP contribution in [-0.4, -0.2) is 17.1 Å². The maximum absolute atomic E-state index is 9.44. The molecule has 0 heterocycles. The van der Waals surface area contributed by atoms with Gasteiger partial charge in [0.05, 0.1) is 5.88 Å². The molecule has 0 saturated carbocycles. The maximum atomic E-state index is 9.44. The van der Waals surface area contributed by atoms with E-state index in [9.17, 15) is 4.79 Å². The fourth-order valence-corrected chi connectivity index (χ4v) is 0.203. The Kier molecular flexibility index (Phi) is 2.66. The van der Waals surface area contributed by atoms with Crippen LogP contribution in [0, 0.1) is 0 Å². The van der Waals surface area contributed by atoms with Crippen molar-refractivity contribution in [3.8, 4) is 0 Å². The van der Waals surface area contributed by atoms with Crippen molar-refractivity contribution in [2.75, 3.05) is 5.88 Å². The lowest BCUT2D eigenvalue weighted by Crippen LogP contribution is -2.17. The molecule has 0 bridgehead atoms. The lowest BCUT2D eigenvalue weighted by Gasteiger charge is -1.86. The van der Waals surface area contributed by atoms with Gasteiger partial charge in [-0.05, 0) is 0 Å². The molecule has 0 aliphatic heterocycles. The Morgan fingerprint density at radius 1 is 2.00 bits per heavy atom. The summed E-state index contributed by atoms with van der Waals surface area (Å²) in [6.45, 7) is 0. The molecule has 0 unspecified atom stereocenters. The topological polar surface area (TPSA) is 49.3 Å². The normalized spacial score (nSPS) is 7.50. The minimum atomic E-state index is -1.04. The summed E-state index contributed by atoms with van der Waals surface area (Å²) in [4.78, 5) is 9.44. The second-order valence-electron chi connectivity index (χ2n) is 0.640. The van der Waals surface area contributed by atoms with Gasteiger partial charge in [-0.15, -0.1) is 0 Å². The van der Waals surface area contributed by atoms with Gasteiger partial charge in [-0.25, -0.2) is 4.79 Å². The molecule has 0 spiro atoms. The van der Waals surface area contributed by atoms with E-state index in [1.54, 1.807) is 0 Å². The van der Waals surface area contributed by atoms with Crippen LogP contribution in [0.2, 0.25) is 0 Å². The molecule has 0 aromatic rings. The molecule has 6 heavy (non-hydrogen) atoms. The number of carbonyl (C=O) groups is 1. The summed E-state index contributed by atoms with van der Waals surface area (Å²) in [5, 5.41) is 9.74. The summed E-state index contributed by atoms with van der Waals surface area (Å²) >= 11 is 3.57. The van der Waals surface area contributed by atoms with Gasteiger partial charge in [-0.2, -0.15) is 12.6 Å². The third kappa shape index (κ3) is 3.62. The van der Waals surface area contributed by atoms with E-state index in [0.717, 1.165) is 0 Å². The van der Waals surface area contributed by atoms with E-state index in [1.807, 2.05) is 5.32 Å². The van der Waals surface area contributed by atoms with E-state index in [-0.39, 0.29) is 5.88 Å². The number of thiol groups is 1. The molecule has 1 amide bonds. The molecule has 0 aromatic heterocycles. The SMILES string of the molecule is O=C(O)NCS. The Morgan fingerprint density at radius 2 is 2.50 bits per heavy atom. The molecule has 3 nitrogen and oxygen atoms in total. The highest BCUT2D eigenvalue weighted by atomic mass is 32.1. The van der Waals surface area contributed by atoms with Crippen molar-refractivity contribution in [2.45, 2.75) is 0 Å². The monoisotopic (exact) mass is 107 g/mol. The average Bonchev–Trinajstić information content (AvgIpc) is 1.35. The van der Waals surface area contributed by atoms with Crippen molar-refractivity contribution in [3.63, 3.8) is 0 Å². The largest absolute Gasteiger partial charge is 0.465 e. The number of rotatable bonds is 1. The number of nitrogens with one attached hydrogen (secondary N) is 1. The third-order valence-corrected chi connectivity index (χ3v) is 0.388. The number of hydrogen-bond acceptors (Lipinski definition) is 2. The van der Waals surface area contributed by atoms with Gasteiger partial charge < -0.3 is 10.4 Å². The summed E-state index contributed by atoms with van der Waals surface area (Å²) in [5.41, 5.74) is 0. The molecule has 0 fully saturated rings. The zero-order chi connectivity index (χ0) is 4.99. The van der Waals surface area contributed by atoms with Gasteiger partial charge in [0.2, 0.25) is 0 Å². The molecule has 4 heteroatoms. The predicted octanol–water partition coefficient (Wildman–Crippen LogP) is 0.141. The fraction of sp³-hybridized carbons (Fsp3) is 0.500. The number of amides is 1. The van der Waals surface area contributed by atoms with Crippen LogP contribution >= 0.6 is 12.6 Å². The highest BCUT2D eigenvalue weighted by Crippen LogP contribution is 1.62. The molecule has 0 aliphatic rings. The predicted molar refractivity (Wildman–Crippen MR) is 25.0 cm³/mol. The molecular formula is C2H5NO2S. The number of hydrogen-bond donors (Lipinski definition) is 3. The molecule has 2 N–H and O–H groups in total. The van der Waals surface area contributed by atoms with Gasteiger partial charge in [0.25, 0.3) is 0 Å². The second-order valence-corrected chi connectivity index (χ2v) is 0.956. The molecular weight excluding hydrogens is 102 g/mol. The van der Waals surface area contributed by atoms with Crippen LogP contribution < -0.4 is 5.32 Å². The summed E-state index contributed by atoms with van der Waals surface area (Å²) < 4.78 is 0. The molecule has 0 saturated heterocycles. The highest BCUT2D eigenvalue weighted by Gasteiger charge is 1.83. The molecule has 0 aromatic carbocycles. The van der Waals surface area contributed by atoms with Gasteiger partial charge >= 0.3 is 6.09 Å². The Labute approximate surface area is 40.8 Å². The standard InChI is InChI=1S/C2H5NO2S/c4-2(5)3-1-6/h3,6H,1H2,(H,4,5). The van der Waals surface area contributed by atoms with Crippen molar-refractivity contribution in [1.82, 2.24) is 5.32 Å². The number of carboxylic acid groups (broad SMARTS) is 1. The fourth-order valence-electron chi connectivity index (χ4n) is 0.0676. The van der Waals surface area contributed by atoms with Crippen LogP contribution in [0.15, 0.2) is 0 Å². The first-order valence-electron chi connectivity index (χ1n) is 1.35. The summed E-state index contributed by atoms with van der Waals surface area (Å²) in [6, 6.07) is 0. The summed E-state index contributed by atoms with van der Waals surface area (Å²) in [7, 11) is 0. The molecule has 0 aliphatic carbocycles. The lowest BCUT2D eigenvalue weighted by molar-refractivity contribution is 0.196. The Hall–Kier alpha value is -0.380. The van der Waals surface area contributed by atoms with Crippen LogP contribution in [0.25, 0.3) is 0 Å². The quantitative estimate of drug-likeness (QED) is 0.330. The zero-order valence-corrected chi connectivity index (χ0v) is 3.90. The minimum Gasteiger partial charge on any atom is -0.465 e. The smallest absolute Gasteiger partial charge is 0.405 e. The van der Waals surface area contributed by atoms with Crippen molar-refractivity contribution < 1.29 is 9.90 Å². The molecule has 0 atom stereocenters.